The Morgan fingerprint density at radius 3 is 2.71 bits per heavy atom. The van der Waals surface area contributed by atoms with Crippen LogP contribution >= 0.6 is 0 Å². The smallest absolute Gasteiger partial charge is 0.328 e. The monoisotopic (exact) mass is 420 g/mol. The van der Waals surface area contributed by atoms with Gasteiger partial charge in [0.2, 0.25) is 0 Å². The van der Waals surface area contributed by atoms with Gasteiger partial charge in [0.15, 0.2) is 0 Å². The lowest BCUT2D eigenvalue weighted by atomic mass is 9.91. The number of carbonyl (C=O) groups is 1. The normalized spacial score (nSPS) is 15.6. The molecule has 1 N–H and O–H groups in total. The van der Waals surface area contributed by atoms with Gasteiger partial charge in [-0.15, -0.1) is 0 Å². The fourth-order valence-corrected chi connectivity index (χ4v) is 4.73. The molecule has 0 spiro atoms. The van der Waals surface area contributed by atoms with E-state index in [4.69, 9.17) is 9.72 Å². The van der Waals surface area contributed by atoms with Crippen LogP contribution in [0.2, 0.25) is 0 Å². The van der Waals surface area contributed by atoms with Crippen LogP contribution in [0.3, 0.4) is 0 Å². The minimum absolute atomic E-state index is 0.215. The first-order valence-electron chi connectivity index (χ1n) is 11.1. The number of anilines is 2. The van der Waals surface area contributed by atoms with Gasteiger partial charge in [-0.05, 0) is 30.5 Å². The Bertz CT molecular complexity index is 1020. The van der Waals surface area contributed by atoms with Gasteiger partial charge >= 0.3 is 5.97 Å². The molecule has 6 nitrogen and oxygen atoms in total. The summed E-state index contributed by atoms with van der Waals surface area (Å²) in [5.41, 5.74) is 3.27. The number of nitrogens with one attached hydrogen (secondary N) is 1. The quantitative estimate of drug-likeness (QED) is 0.568. The minimum Gasteiger partial charge on any atom is -0.467 e. The van der Waals surface area contributed by atoms with Crippen molar-refractivity contribution >= 4 is 28.4 Å². The van der Waals surface area contributed by atoms with Crippen molar-refractivity contribution in [2.75, 3.05) is 31.0 Å². The second kappa shape index (κ2) is 9.41. The zero-order valence-corrected chi connectivity index (χ0v) is 18.7. The summed E-state index contributed by atoms with van der Waals surface area (Å²) in [6.45, 7) is 0. The summed E-state index contributed by atoms with van der Waals surface area (Å²) < 4.78 is 5.32. The summed E-state index contributed by atoms with van der Waals surface area (Å²) in [7, 11) is 5.52. The van der Waals surface area contributed by atoms with E-state index in [1.165, 1.54) is 26.4 Å². The Balaban J connectivity index is 1.76. The average molecular weight is 421 g/mol. The number of rotatable bonds is 7. The van der Waals surface area contributed by atoms with Gasteiger partial charge in [0.25, 0.3) is 0 Å². The summed E-state index contributed by atoms with van der Waals surface area (Å²) in [5.74, 6) is 0.626. The van der Waals surface area contributed by atoms with Gasteiger partial charge in [-0.2, -0.15) is 0 Å². The van der Waals surface area contributed by atoms with Crippen molar-refractivity contribution in [3.63, 3.8) is 0 Å². The number of hydrogen-bond acceptors (Lipinski definition) is 5. The van der Waals surface area contributed by atoms with Crippen LogP contribution in [0.1, 0.15) is 37.7 Å². The Kier molecular flexibility index (Phi) is 6.44. The highest BCUT2D eigenvalue weighted by Crippen LogP contribution is 2.32. The lowest BCUT2D eigenvalue weighted by molar-refractivity contribution is -0.142. The van der Waals surface area contributed by atoms with E-state index in [9.17, 15) is 4.79 Å². The number of fused-ring (bicyclic) bond motifs is 1. The minimum atomic E-state index is -0.433. The predicted octanol–water partition coefficient (Wildman–Crippen LogP) is 4.55. The van der Waals surface area contributed by atoms with Gasteiger partial charge in [-0.25, -0.2) is 9.78 Å². The zero-order valence-electron chi connectivity index (χ0n) is 18.7. The van der Waals surface area contributed by atoms with Crippen molar-refractivity contribution < 1.29 is 9.53 Å². The van der Waals surface area contributed by atoms with Crippen LogP contribution in [-0.2, 0) is 16.0 Å². The van der Waals surface area contributed by atoms with Crippen LogP contribution in [0.4, 0.5) is 11.5 Å². The molecule has 4 rings (SSSR count). The molecule has 31 heavy (non-hydrogen) atoms. The molecule has 0 amide bonds. The number of hydrogen-bond donors (Lipinski definition) is 1. The van der Waals surface area contributed by atoms with E-state index in [0.717, 1.165) is 40.8 Å². The Hall–Kier alpha value is -3.02. The molecule has 0 bridgehead atoms. The average Bonchev–Trinajstić information content (AvgIpc) is 3.22. The first kappa shape index (κ1) is 21.2. The number of nitrogens with zero attached hydrogens (tertiary/aromatic N) is 3. The van der Waals surface area contributed by atoms with Crippen LogP contribution in [0.25, 0.3) is 10.9 Å². The van der Waals surface area contributed by atoms with E-state index in [1.807, 2.05) is 44.7 Å². The molecule has 164 valence electrons. The Morgan fingerprint density at radius 2 is 1.97 bits per heavy atom. The maximum absolute atomic E-state index is 13.1. The zero-order chi connectivity index (χ0) is 21.8. The van der Waals surface area contributed by atoms with Crippen LogP contribution in [0.5, 0.6) is 0 Å². The molecule has 1 aliphatic rings. The van der Waals surface area contributed by atoms with Gasteiger partial charge in [0.1, 0.15) is 11.9 Å². The predicted molar refractivity (Wildman–Crippen MR) is 126 cm³/mol. The third kappa shape index (κ3) is 4.53. The number of ether oxygens (including phenoxy) is 1. The SMILES string of the molecule is COC(=O)C(Cc1c[nH]c2ccccc12)N(c1cc(N(C)C)ccn1)C1CCCCC1. The largest absolute Gasteiger partial charge is 0.467 e. The van der Waals surface area contributed by atoms with Crippen LogP contribution in [0, 0.1) is 0 Å². The van der Waals surface area contributed by atoms with Crippen molar-refractivity contribution in [2.45, 2.75) is 50.6 Å². The molecule has 0 saturated heterocycles. The number of benzene rings is 1. The van der Waals surface area contributed by atoms with Crippen molar-refractivity contribution in [2.24, 2.45) is 0 Å². The topological polar surface area (TPSA) is 61.5 Å². The van der Waals surface area contributed by atoms with Crippen molar-refractivity contribution in [3.8, 4) is 0 Å². The third-order valence-corrected chi connectivity index (χ3v) is 6.38. The van der Waals surface area contributed by atoms with Crippen LogP contribution in [-0.4, -0.2) is 49.2 Å². The molecule has 2 aromatic heterocycles. The van der Waals surface area contributed by atoms with Gasteiger partial charge in [0.05, 0.1) is 7.11 Å². The Labute approximate surface area is 184 Å². The van der Waals surface area contributed by atoms with E-state index in [-0.39, 0.29) is 12.0 Å². The van der Waals surface area contributed by atoms with Gasteiger partial charge in [-0.1, -0.05) is 37.5 Å². The lowest BCUT2D eigenvalue weighted by Crippen LogP contribution is -2.50. The molecule has 6 heteroatoms. The summed E-state index contributed by atoms with van der Waals surface area (Å²) >= 11 is 0. The molecule has 3 aromatic rings. The molecular formula is C25H32N4O2. The van der Waals surface area contributed by atoms with Crippen LogP contribution < -0.4 is 9.80 Å². The number of para-hydroxylation sites is 1. The fourth-order valence-electron chi connectivity index (χ4n) is 4.73. The second-order valence-electron chi connectivity index (χ2n) is 8.57. The van der Waals surface area contributed by atoms with Crippen LogP contribution in [0.15, 0.2) is 48.8 Å². The molecule has 1 fully saturated rings. The second-order valence-corrected chi connectivity index (χ2v) is 8.57. The molecule has 1 aliphatic carbocycles. The van der Waals surface area contributed by atoms with Gasteiger partial charge < -0.3 is 19.5 Å². The molecule has 0 radical (unpaired) electrons. The van der Waals surface area contributed by atoms with Crippen molar-refractivity contribution in [1.29, 1.82) is 0 Å². The standard InChI is InChI=1S/C25H32N4O2/c1-28(2)20-13-14-26-24(16-20)29(19-9-5-4-6-10-19)23(25(30)31-3)15-18-17-27-22-12-8-7-11-21(18)22/h7-8,11-14,16-17,19,23,27H,4-6,9-10,15H2,1-3H3. The molecule has 1 unspecified atom stereocenters. The van der Waals surface area contributed by atoms with E-state index in [2.05, 4.69) is 33.0 Å². The number of esters is 1. The van der Waals surface area contributed by atoms with E-state index >= 15 is 0 Å². The first-order valence-corrected chi connectivity index (χ1v) is 11.1. The van der Waals surface area contributed by atoms with E-state index < -0.39 is 6.04 Å². The van der Waals surface area contributed by atoms with E-state index in [1.54, 1.807) is 0 Å². The van der Waals surface area contributed by atoms with Crippen molar-refractivity contribution in [1.82, 2.24) is 9.97 Å². The van der Waals surface area contributed by atoms with Crippen molar-refractivity contribution in [3.05, 3.63) is 54.4 Å². The summed E-state index contributed by atoms with van der Waals surface area (Å²) in [6, 6.07) is 12.1. The maximum atomic E-state index is 13.1. The summed E-state index contributed by atoms with van der Waals surface area (Å²) in [6.07, 6.45) is 10.2. The molecule has 1 aromatic carbocycles. The lowest BCUT2D eigenvalue weighted by Gasteiger charge is -2.40. The molecule has 0 aliphatic heterocycles. The molecule has 1 saturated carbocycles. The van der Waals surface area contributed by atoms with Gasteiger partial charge in [-0.3, -0.25) is 0 Å². The highest BCUT2D eigenvalue weighted by molar-refractivity contribution is 5.86. The number of aromatic amines is 1. The maximum Gasteiger partial charge on any atom is 0.328 e. The first-order chi connectivity index (χ1) is 15.1. The number of carbonyl (C=O) groups excluding carboxylic acids is 1. The third-order valence-electron chi connectivity index (χ3n) is 6.38. The number of H-pyrrole nitrogens is 1. The summed E-state index contributed by atoms with van der Waals surface area (Å²) in [4.78, 5) is 25.5. The highest BCUT2D eigenvalue weighted by atomic mass is 16.5. The molecular weight excluding hydrogens is 388 g/mol. The fraction of sp³-hybridized carbons (Fsp3) is 0.440. The Morgan fingerprint density at radius 1 is 1.19 bits per heavy atom. The number of pyridine rings is 1. The highest BCUT2D eigenvalue weighted by Gasteiger charge is 2.35. The number of methoxy groups -OCH3 is 1. The summed E-state index contributed by atoms with van der Waals surface area (Å²) in [5, 5.41) is 1.15. The molecule has 1 atom stereocenters. The van der Waals surface area contributed by atoms with E-state index in [0.29, 0.717) is 6.42 Å². The number of aromatic nitrogens is 2. The van der Waals surface area contributed by atoms with Gasteiger partial charge in [0, 0.05) is 61.6 Å². The molecule has 2 heterocycles.